The monoisotopic (exact) mass is 304 g/mol. The third-order valence-electron chi connectivity index (χ3n) is 3.84. The minimum absolute atomic E-state index is 0.444. The van der Waals surface area contributed by atoms with Gasteiger partial charge in [-0.3, -0.25) is 0 Å². The number of rotatable bonds is 5. The predicted molar refractivity (Wildman–Crippen MR) is 81.2 cm³/mol. The average Bonchev–Trinajstić information content (AvgIpc) is 3.13. The highest BCUT2D eigenvalue weighted by atomic mass is 32.2. The first-order chi connectivity index (χ1) is 10.3. The molecule has 112 valence electrons. The van der Waals surface area contributed by atoms with E-state index in [1.807, 2.05) is 10.9 Å². The van der Waals surface area contributed by atoms with Gasteiger partial charge in [0, 0.05) is 6.20 Å². The summed E-state index contributed by atoms with van der Waals surface area (Å²) in [5, 5.41) is 14.0. The van der Waals surface area contributed by atoms with Gasteiger partial charge >= 0.3 is 0 Å². The topological polar surface area (TPSA) is 82.5 Å². The molecule has 0 aliphatic heterocycles. The maximum atomic E-state index is 5.59. The summed E-state index contributed by atoms with van der Waals surface area (Å²) in [5.74, 6) is 0. The van der Waals surface area contributed by atoms with Crippen molar-refractivity contribution in [3.63, 3.8) is 0 Å². The average molecular weight is 304 g/mol. The molecule has 0 radical (unpaired) electrons. The van der Waals surface area contributed by atoms with E-state index in [-0.39, 0.29) is 0 Å². The Morgan fingerprint density at radius 3 is 2.90 bits per heavy atom. The van der Waals surface area contributed by atoms with Crippen LogP contribution < -0.4 is 5.73 Å². The first-order valence-electron chi connectivity index (χ1n) is 7.39. The molecule has 0 saturated heterocycles. The molecule has 0 aromatic carbocycles. The third kappa shape index (κ3) is 3.24. The van der Waals surface area contributed by atoms with Gasteiger partial charge in [-0.2, -0.15) is 0 Å². The fraction of sp³-hybridized carbons (Fsp3) is 0.571. The summed E-state index contributed by atoms with van der Waals surface area (Å²) < 4.78 is 1.96. The molecule has 0 spiro atoms. The van der Waals surface area contributed by atoms with E-state index in [2.05, 4.69) is 33.5 Å². The van der Waals surface area contributed by atoms with Gasteiger partial charge in [-0.25, -0.2) is 9.67 Å². The molecule has 0 unspecified atom stereocenters. The van der Waals surface area contributed by atoms with E-state index in [1.54, 1.807) is 11.8 Å². The number of nitrogens with two attached hydrogens (primary N) is 1. The summed E-state index contributed by atoms with van der Waals surface area (Å²) in [6.45, 7) is 2.71. The first kappa shape index (κ1) is 14.5. The SMILES string of the molecule is Cc1cc(CCN)cnc1Sc1nnnn1C1CCCC1. The quantitative estimate of drug-likeness (QED) is 0.911. The number of hydrogen-bond donors (Lipinski definition) is 1. The highest BCUT2D eigenvalue weighted by molar-refractivity contribution is 7.99. The van der Waals surface area contributed by atoms with Crippen molar-refractivity contribution in [2.24, 2.45) is 5.73 Å². The Balaban J connectivity index is 1.79. The molecule has 1 aliphatic carbocycles. The van der Waals surface area contributed by atoms with Crippen molar-refractivity contribution in [3.05, 3.63) is 23.4 Å². The van der Waals surface area contributed by atoms with E-state index >= 15 is 0 Å². The molecular formula is C14H20N6S. The van der Waals surface area contributed by atoms with Crippen LogP contribution in [0.1, 0.15) is 42.9 Å². The molecule has 6 nitrogen and oxygen atoms in total. The summed E-state index contributed by atoms with van der Waals surface area (Å²) in [4.78, 5) is 4.54. The molecule has 1 fully saturated rings. The minimum atomic E-state index is 0.444. The van der Waals surface area contributed by atoms with Crippen molar-refractivity contribution in [2.75, 3.05) is 6.54 Å². The molecule has 1 aliphatic rings. The summed E-state index contributed by atoms with van der Waals surface area (Å²) >= 11 is 1.55. The van der Waals surface area contributed by atoms with Crippen LogP contribution in [0.3, 0.4) is 0 Å². The second-order valence-electron chi connectivity index (χ2n) is 5.45. The van der Waals surface area contributed by atoms with Crippen LogP contribution >= 0.6 is 11.8 Å². The molecule has 2 N–H and O–H groups in total. The lowest BCUT2D eigenvalue weighted by Gasteiger charge is -2.11. The highest BCUT2D eigenvalue weighted by Gasteiger charge is 2.22. The molecule has 21 heavy (non-hydrogen) atoms. The third-order valence-corrected chi connectivity index (χ3v) is 4.91. The van der Waals surface area contributed by atoms with Crippen LogP contribution in [0.2, 0.25) is 0 Å². The van der Waals surface area contributed by atoms with Crippen LogP contribution in [0, 0.1) is 6.92 Å². The van der Waals surface area contributed by atoms with Crippen molar-refractivity contribution in [1.82, 2.24) is 25.2 Å². The predicted octanol–water partition coefficient (Wildman–Crippen LogP) is 2.14. The fourth-order valence-electron chi connectivity index (χ4n) is 2.75. The maximum Gasteiger partial charge on any atom is 0.215 e. The van der Waals surface area contributed by atoms with Crippen molar-refractivity contribution in [3.8, 4) is 0 Å². The van der Waals surface area contributed by atoms with Crippen molar-refractivity contribution >= 4 is 11.8 Å². The number of tetrazole rings is 1. The Bertz CT molecular complexity index is 605. The zero-order valence-electron chi connectivity index (χ0n) is 12.2. The van der Waals surface area contributed by atoms with Gasteiger partial charge in [-0.15, -0.1) is 5.10 Å². The molecular weight excluding hydrogens is 284 g/mol. The summed E-state index contributed by atoms with van der Waals surface area (Å²) in [6.07, 6.45) is 7.62. The van der Waals surface area contributed by atoms with Crippen molar-refractivity contribution in [2.45, 2.75) is 55.3 Å². The van der Waals surface area contributed by atoms with Crippen LogP contribution in [0.5, 0.6) is 0 Å². The molecule has 7 heteroatoms. The van der Waals surface area contributed by atoms with E-state index in [0.717, 1.165) is 22.2 Å². The Morgan fingerprint density at radius 1 is 1.38 bits per heavy atom. The lowest BCUT2D eigenvalue weighted by Crippen LogP contribution is -2.08. The lowest BCUT2D eigenvalue weighted by molar-refractivity contribution is 0.423. The zero-order valence-corrected chi connectivity index (χ0v) is 13.0. The molecule has 3 rings (SSSR count). The Kier molecular flexibility index (Phi) is 4.50. The van der Waals surface area contributed by atoms with Gasteiger partial charge in [0.25, 0.3) is 0 Å². The van der Waals surface area contributed by atoms with Crippen LogP contribution in [0.4, 0.5) is 0 Å². The van der Waals surface area contributed by atoms with Crippen LogP contribution in [-0.2, 0) is 6.42 Å². The van der Waals surface area contributed by atoms with Gasteiger partial charge in [0.1, 0.15) is 5.03 Å². The molecule has 2 aromatic rings. The Morgan fingerprint density at radius 2 is 2.19 bits per heavy atom. The Labute approximate surface area is 128 Å². The van der Waals surface area contributed by atoms with Gasteiger partial charge in [0.2, 0.25) is 5.16 Å². The van der Waals surface area contributed by atoms with E-state index in [1.165, 1.54) is 31.2 Å². The number of hydrogen-bond acceptors (Lipinski definition) is 6. The van der Waals surface area contributed by atoms with Gasteiger partial charge in [-0.05, 0) is 66.0 Å². The largest absolute Gasteiger partial charge is 0.330 e. The second-order valence-corrected chi connectivity index (χ2v) is 6.41. The normalized spacial score (nSPS) is 15.7. The summed E-state index contributed by atoms with van der Waals surface area (Å²) in [5.41, 5.74) is 7.91. The molecule has 0 amide bonds. The minimum Gasteiger partial charge on any atom is -0.330 e. The zero-order chi connectivity index (χ0) is 14.7. The van der Waals surface area contributed by atoms with E-state index in [9.17, 15) is 0 Å². The fourth-order valence-corrected chi connectivity index (χ4v) is 3.60. The Hall–Kier alpha value is -1.47. The van der Waals surface area contributed by atoms with Crippen LogP contribution in [0.15, 0.2) is 22.4 Å². The van der Waals surface area contributed by atoms with Crippen LogP contribution in [-0.4, -0.2) is 31.7 Å². The van der Waals surface area contributed by atoms with Gasteiger partial charge in [-0.1, -0.05) is 18.9 Å². The molecule has 2 heterocycles. The molecule has 0 atom stereocenters. The lowest BCUT2D eigenvalue weighted by atomic mass is 10.2. The first-order valence-corrected chi connectivity index (χ1v) is 8.21. The van der Waals surface area contributed by atoms with E-state index in [4.69, 9.17) is 5.73 Å². The standard InChI is InChI=1S/C14H20N6S/c1-10-8-11(6-7-15)9-16-13(10)21-14-17-18-19-20(14)12-4-2-3-5-12/h8-9,12H,2-7,15H2,1H3. The maximum absolute atomic E-state index is 5.59. The number of aryl methyl sites for hydroxylation is 1. The van der Waals surface area contributed by atoms with Gasteiger partial charge in [0.15, 0.2) is 0 Å². The van der Waals surface area contributed by atoms with E-state index in [0.29, 0.717) is 12.6 Å². The van der Waals surface area contributed by atoms with Gasteiger partial charge < -0.3 is 5.73 Å². The van der Waals surface area contributed by atoms with Crippen molar-refractivity contribution < 1.29 is 0 Å². The van der Waals surface area contributed by atoms with Crippen LogP contribution in [0.25, 0.3) is 0 Å². The number of pyridine rings is 1. The second kappa shape index (κ2) is 6.53. The molecule has 2 aromatic heterocycles. The smallest absolute Gasteiger partial charge is 0.215 e. The number of nitrogens with zero attached hydrogens (tertiary/aromatic N) is 5. The highest BCUT2D eigenvalue weighted by Crippen LogP contribution is 2.34. The molecule has 0 bridgehead atoms. The number of aromatic nitrogens is 5. The van der Waals surface area contributed by atoms with Crippen molar-refractivity contribution in [1.29, 1.82) is 0 Å². The molecule has 1 saturated carbocycles. The van der Waals surface area contributed by atoms with Gasteiger partial charge in [0.05, 0.1) is 6.04 Å². The van der Waals surface area contributed by atoms with E-state index < -0.39 is 0 Å². The summed E-state index contributed by atoms with van der Waals surface area (Å²) in [7, 11) is 0. The summed E-state index contributed by atoms with van der Waals surface area (Å²) in [6, 6.07) is 2.59.